The molecular formula is C22H15F3N4O3. The number of halogens is 3. The third-order valence-corrected chi connectivity index (χ3v) is 4.76. The minimum atomic E-state index is -5.26. The van der Waals surface area contributed by atoms with Crippen LogP contribution in [0.25, 0.3) is 21.7 Å². The summed E-state index contributed by atoms with van der Waals surface area (Å²) < 4.78 is 43.3. The van der Waals surface area contributed by atoms with E-state index in [4.69, 9.17) is 11.1 Å². The Morgan fingerprint density at radius 1 is 1.00 bits per heavy atom. The summed E-state index contributed by atoms with van der Waals surface area (Å²) >= 11 is 0. The maximum atomic E-state index is 12.9. The predicted octanol–water partition coefficient (Wildman–Crippen LogP) is 4.33. The Morgan fingerprint density at radius 2 is 1.78 bits per heavy atom. The number of aromatic nitrogens is 1. The molecule has 0 atom stereocenters. The van der Waals surface area contributed by atoms with Crippen molar-refractivity contribution in [2.75, 3.05) is 5.32 Å². The standard InChI is InChI=1S/C22H15F3N4O3/c23-22(24,25)21(31)32-18-15-4-2-13(19(26)27)9-11(15)1-5-16(18)20(30)29-14-3-6-17-12(10-14)7-8-28-17/h1-10,28H,(H3,26,27)(H,29,30). The average Bonchev–Trinajstić information content (AvgIpc) is 3.20. The topological polar surface area (TPSA) is 121 Å². The Morgan fingerprint density at radius 3 is 2.50 bits per heavy atom. The maximum Gasteiger partial charge on any atom is 0.491 e. The highest BCUT2D eigenvalue weighted by atomic mass is 19.4. The molecule has 4 aromatic rings. The molecule has 1 heterocycles. The number of anilines is 1. The fourth-order valence-electron chi connectivity index (χ4n) is 3.24. The van der Waals surface area contributed by atoms with Gasteiger partial charge >= 0.3 is 12.1 Å². The second kappa shape index (κ2) is 7.73. The van der Waals surface area contributed by atoms with Crippen molar-refractivity contribution in [2.45, 2.75) is 6.18 Å². The first kappa shape index (κ1) is 20.9. The van der Waals surface area contributed by atoms with E-state index in [1.54, 1.807) is 30.5 Å². The molecule has 7 nitrogen and oxygen atoms in total. The van der Waals surface area contributed by atoms with Gasteiger partial charge in [0.2, 0.25) is 0 Å². The van der Waals surface area contributed by atoms with Gasteiger partial charge in [-0.1, -0.05) is 12.1 Å². The van der Waals surface area contributed by atoms with Crippen LogP contribution in [0.15, 0.2) is 60.8 Å². The number of nitrogens with one attached hydrogen (secondary N) is 3. The third-order valence-electron chi connectivity index (χ3n) is 4.76. The molecule has 0 aliphatic heterocycles. The molecule has 0 unspecified atom stereocenters. The van der Waals surface area contributed by atoms with E-state index in [-0.39, 0.29) is 16.8 Å². The smallest absolute Gasteiger partial charge is 0.418 e. The minimum Gasteiger partial charge on any atom is -0.418 e. The molecule has 0 aliphatic rings. The van der Waals surface area contributed by atoms with Gasteiger partial charge in [0.1, 0.15) is 5.84 Å². The Labute approximate surface area is 178 Å². The number of alkyl halides is 3. The molecule has 0 spiro atoms. The molecule has 0 saturated carbocycles. The number of hydrogen-bond donors (Lipinski definition) is 4. The number of esters is 1. The van der Waals surface area contributed by atoms with Crippen LogP contribution in [-0.4, -0.2) is 28.9 Å². The van der Waals surface area contributed by atoms with Crippen LogP contribution >= 0.6 is 0 Å². The van der Waals surface area contributed by atoms with Gasteiger partial charge in [0.25, 0.3) is 5.91 Å². The first-order valence-electron chi connectivity index (χ1n) is 9.22. The van der Waals surface area contributed by atoms with Crippen LogP contribution in [0.5, 0.6) is 5.75 Å². The lowest BCUT2D eigenvalue weighted by Crippen LogP contribution is -2.29. The molecule has 0 bridgehead atoms. The van der Waals surface area contributed by atoms with Crippen molar-refractivity contribution in [3.63, 3.8) is 0 Å². The number of amidine groups is 1. The first-order valence-corrected chi connectivity index (χ1v) is 9.22. The average molecular weight is 440 g/mol. The van der Waals surface area contributed by atoms with Crippen LogP contribution in [0.3, 0.4) is 0 Å². The van der Waals surface area contributed by atoms with Crippen LogP contribution in [0.4, 0.5) is 18.9 Å². The van der Waals surface area contributed by atoms with E-state index < -0.39 is 23.8 Å². The van der Waals surface area contributed by atoms with Crippen molar-refractivity contribution in [3.05, 3.63) is 71.9 Å². The summed E-state index contributed by atoms with van der Waals surface area (Å²) in [7, 11) is 0. The monoisotopic (exact) mass is 440 g/mol. The summed E-state index contributed by atoms with van der Waals surface area (Å²) in [6.07, 6.45) is -3.53. The van der Waals surface area contributed by atoms with Gasteiger partial charge in [-0.2, -0.15) is 13.2 Å². The summed E-state index contributed by atoms with van der Waals surface area (Å²) in [5.74, 6) is -4.01. The van der Waals surface area contributed by atoms with Crippen molar-refractivity contribution in [2.24, 2.45) is 5.73 Å². The van der Waals surface area contributed by atoms with Gasteiger partial charge in [-0.25, -0.2) is 4.79 Å². The SMILES string of the molecule is N=C(N)c1ccc2c(OC(=O)C(F)(F)F)c(C(=O)Nc3ccc4[nH]ccc4c3)ccc2c1. The molecule has 10 heteroatoms. The Hall–Kier alpha value is -4.34. The highest BCUT2D eigenvalue weighted by Crippen LogP contribution is 2.33. The lowest BCUT2D eigenvalue weighted by atomic mass is 10.0. The van der Waals surface area contributed by atoms with Crippen LogP contribution < -0.4 is 15.8 Å². The lowest BCUT2D eigenvalue weighted by Gasteiger charge is -2.15. The van der Waals surface area contributed by atoms with Gasteiger partial charge in [0.05, 0.1) is 5.56 Å². The first-order chi connectivity index (χ1) is 15.1. The maximum absolute atomic E-state index is 12.9. The molecule has 0 radical (unpaired) electrons. The third kappa shape index (κ3) is 3.97. The second-order valence-electron chi connectivity index (χ2n) is 6.91. The summed E-state index contributed by atoms with van der Waals surface area (Å²) in [6, 6.07) is 13.7. The lowest BCUT2D eigenvalue weighted by molar-refractivity contribution is -0.189. The summed E-state index contributed by atoms with van der Waals surface area (Å²) in [5, 5.41) is 11.4. The van der Waals surface area contributed by atoms with Gasteiger partial charge in [0, 0.05) is 33.7 Å². The number of rotatable bonds is 4. The van der Waals surface area contributed by atoms with Crippen LogP contribution in [-0.2, 0) is 4.79 Å². The number of hydrogen-bond acceptors (Lipinski definition) is 4. The fourth-order valence-corrected chi connectivity index (χ4v) is 3.24. The van der Waals surface area contributed by atoms with Gasteiger partial charge in [0.15, 0.2) is 5.75 Å². The van der Waals surface area contributed by atoms with E-state index in [9.17, 15) is 22.8 Å². The molecule has 1 aromatic heterocycles. The van der Waals surface area contributed by atoms with E-state index in [1.807, 2.05) is 0 Å². The van der Waals surface area contributed by atoms with Gasteiger partial charge in [-0.15, -0.1) is 0 Å². The molecule has 0 saturated heterocycles. The number of H-pyrrole nitrogens is 1. The van der Waals surface area contributed by atoms with Gasteiger partial charge in [-0.3, -0.25) is 10.2 Å². The fraction of sp³-hybridized carbons (Fsp3) is 0.0455. The van der Waals surface area contributed by atoms with E-state index in [2.05, 4.69) is 15.0 Å². The molecular weight excluding hydrogens is 425 g/mol. The number of nitrogens with two attached hydrogens (primary N) is 1. The highest BCUT2D eigenvalue weighted by Gasteiger charge is 2.42. The Balaban J connectivity index is 1.78. The van der Waals surface area contributed by atoms with Crippen LogP contribution in [0.2, 0.25) is 0 Å². The zero-order valence-corrected chi connectivity index (χ0v) is 16.2. The Kier molecular flexibility index (Phi) is 5.05. The minimum absolute atomic E-state index is 0.0846. The summed E-state index contributed by atoms with van der Waals surface area (Å²) in [6.45, 7) is 0. The molecule has 5 N–H and O–H groups in total. The van der Waals surface area contributed by atoms with Crippen LogP contribution in [0.1, 0.15) is 15.9 Å². The van der Waals surface area contributed by atoms with Gasteiger partial charge < -0.3 is 20.8 Å². The molecule has 162 valence electrons. The molecule has 0 aliphatic carbocycles. The second-order valence-corrected chi connectivity index (χ2v) is 6.91. The number of carbonyl (C=O) groups excluding carboxylic acids is 2. The van der Waals surface area contributed by atoms with Crippen molar-refractivity contribution < 1.29 is 27.5 Å². The normalized spacial score (nSPS) is 11.5. The zero-order chi connectivity index (χ0) is 23.0. The van der Waals surface area contributed by atoms with Crippen molar-refractivity contribution >= 4 is 45.1 Å². The number of amides is 1. The number of benzene rings is 3. The van der Waals surface area contributed by atoms with Gasteiger partial charge in [-0.05, 0) is 47.9 Å². The number of carbonyl (C=O) groups is 2. The Bertz CT molecular complexity index is 1390. The summed E-state index contributed by atoms with van der Waals surface area (Å²) in [5.41, 5.74) is 6.76. The van der Waals surface area contributed by atoms with E-state index >= 15 is 0 Å². The predicted molar refractivity (Wildman–Crippen MR) is 113 cm³/mol. The quantitative estimate of drug-likeness (QED) is 0.163. The van der Waals surface area contributed by atoms with Crippen molar-refractivity contribution in [1.29, 1.82) is 5.41 Å². The molecule has 3 aromatic carbocycles. The number of aromatic amines is 1. The van der Waals surface area contributed by atoms with Crippen LogP contribution in [0, 0.1) is 5.41 Å². The molecule has 0 fully saturated rings. The van der Waals surface area contributed by atoms with Crippen molar-refractivity contribution in [1.82, 2.24) is 4.98 Å². The highest BCUT2D eigenvalue weighted by molar-refractivity contribution is 6.12. The van der Waals surface area contributed by atoms with Crippen molar-refractivity contribution in [3.8, 4) is 5.75 Å². The van der Waals surface area contributed by atoms with E-state index in [0.29, 0.717) is 16.6 Å². The summed E-state index contributed by atoms with van der Waals surface area (Å²) in [4.78, 5) is 27.5. The van der Waals surface area contributed by atoms with E-state index in [0.717, 1.165) is 10.9 Å². The number of fused-ring (bicyclic) bond motifs is 2. The molecule has 32 heavy (non-hydrogen) atoms. The largest absolute Gasteiger partial charge is 0.491 e. The van der Waals surface area contributed by atoms with E-state index in [1.165, 1.54) is 30.3 Å². The molecule has 4 rings (SSSR count). The molecule has 1 amide bonds. The number of nitrogen functional groups attached to an aromatic ring is 1. The zero-order valence-electron chi connectivity index (χ0n) is 16.2. The number of ether oxygens (including phenoxy) is 1.